The lowest BCUT2D eigenvalue weighted by molar-refractivity contribution is -0.146. The summed E-state index contributed by atoms with van der Waals surface area (Å²) in [5.74, 6) is 2.47. The fraction of sp³-hybridized carbons (Fsp3) is 0.733. The monoisotopic (exact) mass is 293 g/mol. The van der Waals surface area contributed by atoms with Gasteiger partial charge < -0.3 is 5.32 Å². The summed E-state index contributed by atoms with van der Waals surface area (Å²) in [6, 6.07) is 0. The Morgan fingerprint density at radius 2 is 1.70 bits per heavy atom. The minimum atomic E-state index is -0.129. The van der Waals surface area contributed by atoms with Gasteiger partial charge >= 0.3 is 0 Å². The average molecular weight is 293 g/mol. The lowest BCUT2D eigenvalue weighted by Crippen LogP contribution is -2.57. The van der Waals surface area contributed by atoms with Gasteiger partial charge in [0.15, 0.2) is 5.11 Å². The zero-order valence-corrected chi connectivity index (χ0v) is 12.6. The van der Waals surface area contributed by atoms with Crippen molar-refractivity contribution in [1.82, 2.24) is 16.2 Å². The number of amides is 1. The third kappa shape index (κ3) is 2.55. The third-order valence-corrected chi connectivity index (χ3v) is 5.46. The predicted octanol–water partition coefficient (Wildman–Crippen LogP) is 1.88. The lowest BCUT2D eigenvalue weighted by Gasteiger charge is -2.55. The Morgan fingerprint density at radius 3 is 2.20 bits per heavy atom. The number of hydrazine groups is 1. The third-order valence-electron chi connectivity index (χ3n) is 5.22. The molecular weight excluding hydrogens is 270 g/mol. The van der Waals surface area contributed by atoms with Gasteiger partial charge in [-0.25, -0.2) is 0 Å². The van der Waals surface area contributed by atoms with Gasteiger partial charge in [-0.1, -0.05) is 6.08 Å². The number of rotatable bonds is 3. The largest absolute Gasteiger partial charge is 0.358 e. The van der Waals surface area contributed by atoms with E-state index < -0.39 is 0 Å². The molecule has 0 aromatic heterocycles. The molecule has 0 aliphatic heterocycles. The van der Waals surface area contributed by atoms with Crippen molar-refractivity contribution in [3.63, 3.8) is 0 Å². The SMILES string of the molecule is C=CCNC(=S)NNC(=O)C12CC3CC(CC(C3)C1)C2. The maximum atomic E-state index is 12.6. The van der Waals surface area contributed by atoms with Crippen molar-refractivity contribution >= 4 is 23.2 Å². The Kier molecular flexibility index (Phi) is 3.71. The number of thiocarbonyl (C=S) groups is 1. The highest BCUT2D eigenvalue weighted by Gasteiger charge is 2.54. The summed E-state index contributed by atoms with van der Waals surface area (Å²) in [5, 5.41) is 3.40. The van der Waals surface area contributed by atoms with Crippen LogP contribution in [0.4, 0.5) is 0 Å². The summed E-state index contributed by atoms with van der Waals surface area (Å²) < 4.78 is 0. The standard InChI is InChI=1S/C15H23N3OS/c1-2-3-16-14(20)18-17-13(19)15-7-10-4-11(8-15)6-12(5-10)9-15/h2,10-12H,1,3-9H2,(H,17,19)(H2,16,18,20). The van der Waals surface area contributed by atoms with Crippen LogP contribution in [0, 0.1) is 23.2 Å². The van der Waals surface area contributed by atoms with Gasteiger partial charge in [0.1, 0.15) is 0 Å². The molecule has 0 atom stereocenters. The van der Waals surface area contributed by atoms with E-state index in [4.69, 9.17) is 12.2 Å². The van der Waals surface area contributed by atoms with E-state index in [1.54, 1.807) is 6.08 Å². The molecule has 4 rings (SSSR count). The second-order valence-electron chi connectivity index (χ2n) is 6.78. The van der Waals surface area contributed by atoms with Crippen molar-refractivity contribution in [3.05, 3.63) is 12.7 Å². The second kappa shape index (κ2) is 5.35. The van der Waals surface area contributed by atoms with E-state index in [-0.39, 0.29) is 11.3 Å². The van der Waals surface area contributed by atoms with Crippen molar-refractivity contribution in [2.24, 2.45) is 23.2 Å². The number of hydrogen-bond donors (Lipinski definition) is 3. The molecule has 4 fully saturated rings. The second-order valence-corrected chi connectivity index (χ2v) is 7.18. The highest BCUT2D eigenvalue weighted by atomic mass is 32.1. The molecule has 4 aliphatic rings. The molecule has 0 aromatic carbocycles. The van der Waals surface area contributed by atoms with Gasteiger partial charge in [0.2, 0.25) is 5.91 Å². The molecule has 4 nitrogen and oxygen atoms in total. The minimum Gasteiger partial charge on any atom is -0.358 e. The fourth-order valence-corrected chi connectivity index (χ4v) is 4.98. The molecule has 0 heterocycles. The summed E-state index contributed by atoms with van der Waals surface area (Å²) in [4.78, 5) is 12.6. The zero-order valence-electron chi connectivity index (χ0n) is 11.8. The van der Waals surface area contributed by atoms with E-state index in [9.17, 15) is 4.79 Å². The molecule has 0 unspecified atom stereocenters. The smallest absolute Gasteiger partial charge is 0.244 e. The highest BCUT2D eigenvalue weighted by Crippen LogP contribution is 2.59. The molecule has 0 saturated heterocycles. The topological polar surface area (TPSA) is 53.2 Å². The highest BCUT2D eigenvalue weighted by molar-refractivity contribution is 7.80. The summed E-state index contributed by atoms with van der Waals surface area (Å²) >= 11 is 5.10. The first-order chi connectivity index (χ1) is 9.61. The van der Waals surface area contributed by atoms with Crippen LogP contribution in [0.5, 0.6) is 0 Å². The van der Waals surface area contributed by atoms with Gasteiger partial charge in [0, 0.05) is 6.54 Å². The first-order valence-corrected chi connectivity index (χ1v) is 7.97. The van der Waals surface area contributed by atoms with Crippen LogP contribution in [0.3, 0.4) is 0 Å². The van der Waals surface area contributed by atoms with Gasteiger partial charge in [-0.2, -0.15) is 0 Å². The van der Waals surface area contributed by atoms with Crippen LogP contribution in [-0.2, 0) is 4.79 Å². The molecule has 1 amide bonds. The quantitative estimate of drug-likeness (QED) is 0.422. The molecule has 5 heteroatoms. The van der Waals surface area contributed by atoms with Crippen LogP contribution in [-0.4, -0.2) is 17.6 Å². The number of nitrogens with one attached hydrogen (secondary N) is 3. The molecule has 3 N–H and O–H groups in total. The number of carbonyl (C=O) groups is 1. The molecule has 110 valence electrons. The number of hydrogen-bond acceptors (Lipinski definition) is 2. The molecule has 4 bridgehead atoms. The first kappa shape index (κ1) is 13.9. The van der Waals surface area contributed by atoms with Crippen molar-refractivity contribution in [1.29, 1.82) is 0 Å². The maximum Gasteiger partial charge on any atom is 0.244 e. The van der Waals surface area contributed by atoms with Crippen molar-refractivity contribution < 1.29 is 4.79 Å². The van der Waals surface area contributed by atoms with Crippen molar-refractivity contribution in [3.8, 4) is 0 Å². The number of carbonyl (C=O) groups excluding carboxylic acids is 1. The Labute approximate surface area is 125 Å². The lowest BCUT2D eigenvalue weighted by atomic mass is 9.49. The van der Waals surface area contributed by atoms with Crippen LogP contribution in [0.25, 0.3) is 0 Å². The van der Waals surface area contributed by atoms with Crippen molar-refractivity contribution in [2.45, 2.75) is 38.5 Å². The maximum absolute atomic E-state index is 12.6. The van der Waals surface area contributed by atoms with Crippen LogP contribution in [0.15, 0.2) is 12.7 Å². The minimum absolute atomic E-state index is 0.129. The average Bonchev–Trinajstić information content (AvgIpc) is 2.41. The van der Waals surface area contributed by atoms with Gasteiger partial charge in [0.05, 0.1) is 5.41 Å². The van der Waals surface area contributed by atoms with Crippen LogP contribution < -0.4 is 16.2 Å². The molecule has 4 saturated carbocycles. The van der Waals surface area contributed by atoms with E-state index >= 15 is 0 Å². The Bertz CT molecular complexity index is 400. The molecule has 0 aromatic rings. The Hall–Kier alpha value is -1.10. The van der Waals surface area contributed by atoms with Crippen LogP contribution >= 0.6 is 12.2 Å². The van der Waals surface area contributed by atoms with E-state index in [1.165, 1.54) is 19.3 Å². The molecule has 20 heavy (non-hydrogen) atoms. The fourth-order valence-electron chi connectivity index (χ4n) is 4.84. The Balaban J connectivity index is 1.57. The van der Waals surface area contributed by atoms with Crippen LogP contribution in [0.1, 0.15) is 38.5 Å². The van der Waals surface area contributed by atoms with Crippen LogP contribution in [0.2, 0.25) is 0 Å². The summed E-state index contributed by atoms with van der Waals surface area (Å²) in [6.45, 7) is 4.21. The van der Waals surface area contributed by atoms with E-state index in [0.717, 1.165) is 37.0 Å². The van der Waals surface area contributed by atoms with E-state index in [1.807, 2.05) is 0 Å². The van der Waals surface area contributed by atoms with Gasteiger partial charge in [0.25, 0.3) is 0 Å². The Morgan fingerprint density at radius 1 is 1.15 bits per heavy atom. The molecule has 0 spiro atoms. The van der Waals surface area contributed by atoms with Gasteiger partial charge in [-0.15, -0.1) is 6.58 Å². The molecular formula is C15H23N3OS. The first-order valence-electron chi connectivity index (χ1n) is 7.56. The van der Waals surface area contributed by atoms with Crippen molar-refractivity contribution in [2.75, 3.05) is 6.54 Å². The molecule has 0 radical (unpaired) electrons. The zero-order chi connectivity index (χ0) is 14.2. The van der Waals surface area contributed by atoms with E-state index in [2.05, 4.69) is 22.7 Å². The van der Waals surface area contributed by atoms with E-state index in [0.29, 0.717) is 11.7 Å². The van der Waals surface area contributed by atoms with Gasteiger partial charge in [-0.05, 0) is 68.5 Å². The molecule has 4 aliphatic carbocycles. The summed E-state index contributed by atoms with van der Waals surface area (Å²) in [6.07, 6.45) is 8.98. The summed E-state index contributed by atoms with van der Waals surface area (Å²) in [5.41, 5.74) is 5.51. The summed E-state index contributed by atoms with van der Waals surface area (Å²) in [7, 11) is 0. The van der Waals surface area contributed by atoms with Gasteiger partial charge in [-0.3, -0.25) is 15.6 Å². The normalized spacial score (nSPS) is 37.3. The predicted molar refractivity (Wildman–Crippen MR) is 82.7 cm³/mol.